The van der Waals surface area contributed by atoms with E-state index in [0.29, 0.717) is 0 Å². The fraction of sp³-hybridized carbons (Fsp3) is 0.400. The van der Waals surface area contributed by atoms with Crippen LogP contribution in [0.5, 0.6) is 0 Å². The molecule has 1 aromatic heterocycles. The Morgan fingerprint density at radius 3 is 2.58 bits per heavy atom. The molecule has 26 heavy (non-hydrogen) atoms. The Morgan fingerprint density at radius 1 is 1.19 bits per heavy atom. The fourth-order valence-corrected chi connectivity index (χ4v) is 4.07. The lowest BCUT2D eigenvalue weighted by Crippen LogP contribution is -2.47. The molecule has 1 amide bonds. The quantitative estimate of drug-likeness (QED) is 0.871. The van der Waals surface area contributed by atoms with Gasteiger partial charge in [-0.1, -0.05) is 12.1 Å². The van der Waals surface area contributed by atoms with Crippen molar-refractivity contribution < 1.29 is 9.18 Å². The number of rotatable bonds is 2. The van der Waals surface area contributed by atoms with Gasteiger partial charge in [-0.2, -0.15) is 0 Å². The number of hydrogen-bond donors (Lipinski definition) is 1. The number of pyridine rings is 1. The lowest BCUT2D eigenvalue weighted by molar-refractivity contribution is -0.131. The Hall–Kier alpha value is -1.98. The maximum atomic E-state index is 13.2. The number of nitrogens with zero attached hydrogens (tertiary/aromatic N) is 2. The molecule has 0 unspecified atom stereocenters. The molecule has 4 rings (SSSR count). The van der Waals surface area contributed by atoms with Gasteiger partial charge in [-0.25, -0.2) is 4.39 Å². The van der Waals surface area contributed by atoms with Crippen molar-refractivity contribution in [3.8, 4) is 11.1 Å². The summed E-state index contributed by atoms with van der Waals surface area (Å²) in [5.41, 5.74) is 3.46. The SMILES string of the molecule is Cc1cc(-c2ccc(F)cc2)cc([C@H]2CC[C@@]3(CCN(C)C3=O)N2)n1.Cl. The van der Waals surface area contributed by atoms with Crippen LogP contribution in [0.1, 0.15) is 36.7 Å². The van der Waals surface area contributed by atoms with Crippen molar-refractivity contribution in [2.75, 3.05) is 13.6 Å². The van der Waals surface area contributed by atoms with E-state index in [1.807, 2.05) is 24.9 Å². The summed E-state index contributed by atoms with van der Waals surface area (Å²) in [4.78, 5) is 19.0. The van der Waals surface area contributed by atoms with E-state index in [9.17, 15) is 9.18 Å². The maximum absolute atomic E-state index is 13.2. The van der Waals surface area contributed by atoms with Crippen LogP contribution in [0.3, 0.4) is 0 Å². The van der Waals surface area contributed by atoms with Gasteiger partial charge in [0.1, 0.15) is 11.4 Å². The lowest BCUT2D eigenvalue weighted by atomic mass is 9.96. The van der Waals surface area contributed by atoms with Crippen LogP contribution in [0, 0.1) is 12.7 Å². The molecule has 2 aromatic rings. The van der Waals surface area contributed by atoms with E-state index in [-0.39, 0.29) is 30.2 Å². The first kappa shape index (κ1) is 18.8. The van der Waals surface area contributed by atoms with Gasteiger partial charge in [0, 0.05) is 19.3 Å². The van der Waals surface area contributed by atoms with Crippen LogP contribution in [0.2, 0.25) is 0 Å². The molecule has 2 aliphatic heterocycles. The summed E-state index contributed by atoms with van der Waals surface area (Å²) < 4.78 is 13.2. The first-order valence-corrected chi connectivity index (χ1v) is 8.75. The lowest BCUT2D eigenvalue weighted by Gasteiger charge is -2.23. The molecule has 0 aliphatic carbocycles. The Balaban J connectivity index is 0.00000196. The van der Waals surface area contributed by atoms with Crippen molar-refractivity contribution >= 4 is 18.3 Å². The van der Waals surface area contributed by atoms with Crippen LogP contribution in [0.25, 0.3) is 11.1 Å². The third-order valence-corrected chi connectivity index (χ3v) is 5.45. The molecule has 0 radical (unpaired) electrons. The number of amides is 1. The number of halogens is 2. The number of aryl methyl sites for hydroxylation is 1. The summed E-state index contributed by atoms with van der Waals surface area (Å²) >= 11 is 0. The second-order valence-electron chi connectivity index (χ2n) is 7.22. The molecule has 1 spiro atoms. The van der Waals surface area contributed by atoms with Gasteiger partial charge in [-0.05, 0) is 61.6 Å². The van der Waals surface area contributed by atoms with Crippen LogP contribution < -0.4 is 5.32 Å². The predicted octanol–water partition coefficient (Wildman–Crippen LogP) is 3.64. The molecule has 3 heterocycles. The highest BCUT2D eigenvalue weighted by Gasteiger charge is 2.50. The maximum Gasteiger partial charge on any atom is 0.242 e. The monoisotopic (exact) mass is 375 g/mol. The average Bonchev–Trinajstić information content (AvgIpc) is 3.15. The molecule has 1 N–H and O–H groups in total. The molecule has 2 aliphatic rings. The summed E-state index contributed by atoms with van der Waals surface area (Å²) in [7, 11) is 1.86. The number of hydrogen-bond acceptors (Lipinski definition) is 3. The zero-order valence-corrected chi connectivity index (χ0v) is 15.8. The third kappa shape index (κ3) is 3.21. The van der Waals surface area contributed by atoms with Crippen molar-refractivity contribution in [1.29, 1.82) is 0 Å². The molecule has 1 aromatic carbocycles. The summed E-state index contributed by atoms with van der Waals surface area (Å²) in [6, 6.07) is 10.7. The molecular formula is C20H23ClFN3O. The smallest absolute Gasteiger partial charge is 0.242 e. The first-order valence-electron chi connectivity index (χ1n) is 8.75. The molecular weight excluding hydrogens is 353 g/mol. The normalized spacial score (nSPS) is 25.0. The topological polar surface area (TPSA) is 45.2 Å². The van der Waals surface area contributed by atoms with Crippen LogP contribution in [-0.4, -0.2) is 34.9 Å². The molecule has 4 nitrogen and oxygen atoms in total. The first-order chi connectivity index (χ1) is 12.0. The van der Waals surface area contributed by atoms with E-state index in [0.717, 1.165) is 48.3 Å². The minimum Gasteiger partial charge on any atom is -0.344 e. The fourth-order valence-electron chi connectivity index (χ4n) is 4.07. The van der Waals surface area contributed by atoms with Crippen molar-refractivity contribution in [3.63, 3.8) is 0 Å². The molecule has 2 atom stereocenters. The predicted molar refractivity (Wildman–Crippen MR) is 102 cm³/mol. The van der Waals surface area contributed by atoms with Gasteiger partial charge >= 0.3 is 0 Å². The van der Waals surface area contributed by atoms with E-state index in [1.54, 1.807) is 12.1 Å². The summed E-state index contributed by atoms with van der Waals surface area (Å²) in [5, 5.41) is 3.56. The minimum atomic E-state index is -0.416. The van der Waals surface area contributed by atoms with Crippen molar-refractivity contribution in [1.82, 2.24) is 15.2 Å². The Bertz CT molecular complexity index is 826. The zero-order valence-electron chi connectivity index (χ0n) is 15.0. The minimum absolute atomic E-state index is 0. The Morgan fingerprint density at radius 2 is 1.92 bits per heavy atom. The van der Waals surface area contributed by atoms with E-state index in [4.69, 9.17) is 4.98 Å². The van der Waals surface area contributed by atoms with Crippen molar-refractivity contribution in [2.24, 2.45) is 0 Å². The molecule has 138 valence electrons. The van der Waals surface area contributed by atoms with Crippen LogP contribution in [-0.2, 0) is 4.79 Å². The van der Waals surface area contributed by atoms with Gasteiger partial charge in [-0.15, -0.1) is 12.4 Å². The second-order valence-corrected chi connectivity index (χ2v) is 7.22. The van der Waals surface area contributed by atoms with Gasteiger partial charge in [0.15, 0.2) is 0 Å². The Labute approximate surface area is 159 Å². The van der Waals surface area contributed by atoms with Crippen molar-refractivity contribution in [2.45, 2.75) is 37.8 Å². The third-order valence-electron chi connectivity index (χ3n) is 5.45. The van der Waals surface area contributed by atoms with Gasteiger partial charge in [-0.3, -0.25) is 15.1 Å². The van der Waals surface area contributed by atoms with E-state index >= 15 is 0 Å². The number of carbonyl (C=O) groups is 1. The molecule has 2 fully saturated rings. The highest BCUT2D eigenvalue weighted by Crippen LogP contribution is 2.39. The number of carbonyl (C=O) groups excluding carboxylic acids is 1. The van der Waals surface area contributed by atoms with E-state index in [1.165, 1.54) is 12.1 Å². The molecule has 6 heteroatoms. The average molecular weight is 376 g/mol. The van der Waals surface area contributed by atoms with Gasteiger partial charge < -0.3 is 4.90 Å². The van der Waals surface area contributed by atoms with E-state index in [2.05, 4.69) is 11.4 Å². The molecule has 0 bridgehead atoms. The van der Waals surface area contributed by atoms with E-state index < -0.39 is 5.54 Å². The van der Waals surface area contributed by atoms with Crippen LogP contribution >= 0.6 is 12.4 Å². The molecule has 2 saturated heterocycles. The number of likely N-dealkylation sites (N-methyl/N-ethyl adjacent to an activating group) is 1. The second kappa shape index (κ2) is 6.97. The van der Waals surface area contributed by atoms with Gasteiger partial charge in [0.2, 0.25) is 5.91 Å². The largest absolute Gasteiger partial charge is 0.344 e. The number of aromatic nitrogens is 1. The summed E-state index contributed by atoms with van der Waals surface area (Å²) in [6.45, 7) is 2.77. The Kier molecular flexibility index (Phi) is 5.04. The van der Waals surface area contributed by atoms with Crippen LogP contribution in [0.4, 0.5) is 4.39 Å². The van der Waals surface area contributed by atoms with Gasteiger partial charge in [0.05, 0.1) is 11.7 Å². The highest BCUT2D eigenvalue weighted by atomic mass is 35.5. The molecule has 0 saturated carbocycles. The highest BCUT2D eigenvalue weighted by molar-refractivity contribution is 5.88. The zero-order chi connectivity index (χ0) is 17.6. The van der Waals surface area contributed by atoms with Gasteiger partial charge in [0.25, 0.3) is 0 Å². The van der Waals surface area contributed by atoms with Crippen molar-refractivity contribution in [3.05, 3.63) is 53.6 Å². The summed E-state index contributed by atoms with van der Waals surface area (Å²) in [6.07, 6.45) is 2.61. The standard InChI is InChI=1S/C20H22FN3O.ClH/c1-13-11-15(14-3-5-16(21)6-4-14)12-18(22-13)17-7-8-20(23-17)9-10-24(2)19(20)25;/h3-6,11-12,17,23H,7-10H2,1-2H3;1H/t17-,20+;/m1./s1. The summed E-state index contributed by atoms with van der Waals surface area (Å²) in [5.74, 6) is -0.0422. The van der Waals surface area contributed by atoms with Crippen LogP contribution in [0.15, 0.2) is 36.4 Å². The number of likely N-dealkylation sites (tertiary alicyclic amines) is 1. The number of nitrogens with one attached hydrogen (secondary N) is 1. The number of benzene rings is 1.